The number of nitrogens with two attached hydrogens (primary N) is 1. The Kier molecular flexibility index (Phi) is 7.14. The number of likely N-dealkylation sites (tertiary alicyclic amines) is 1. The van der Waals surface area contributed by atoms with Crippen molar-refractivity contribution >= 4 is 11.5 Å². The van der Waals surface area contributed by atoms with Crippen LogP contribution >= 0.6 is 0 Å². The molecule has 1 aromatic heterocycles. The van der Waals surface area contributed by atoms with Crippen LogP contribution < -0.4 is 15.8 Å². The second-order valence-corrected chi connectivity index (χ2v) is 6.90. The lowest BCUT2D eigenvalue weighted by Crippen LogP contribution is -2.31. The zero-order valence-corrected chi connectivity index (χ0v) is 15.5. The van der Waals surface area contributed by atoms with E-state index in [4.69, 9.17) is 10.5 Å². The number of rotatable bonds is 9. The fraction of sp³-hybridized carbons (Fsp3) is 0.476. The van der Waals surface area contributed by atoms with Gasteiger partial charge in [-0.3, -0.25) is 0 Å². The van der Waals surface area contributed by atoms with Crippen molar-refractivity contribution in [3.63, 3.8) is 0 Å². The summed E-state index contributed by atoms with van der Waals surface area (Å²) in [5.74, 6) is 1.81. The van der Waals surface area contributed by atoms with Gasteiger partial charge in [-0.2, -0.15) is 0 Å². The van der Waals surface area contributed by atoms with E-state index in [2.05, 4.69) is 39.5 Å². The number of hydrogen-bond donors (Lipinski definition) is 2. The van der Waals surface area contributed by atoms with E-state index in [9.17, 15) is 0 Å². The minimum atomic E-state index is 0.682. The standard InChI is InChI=1S/C21H30N4O/c22-19-7-10-21(24-17-19)23-12-11-18-5-8-20(9-6-18)26-16-4-15-25-13-2-1-3-14-25/h5-10,17H,1-4,11-16,22H2,(H,23,24). The van der Waals surface area contributed by atoms with E-state index in [0.717, 1.165) is 44.1 Å². The quantitative estimate of drug-likeness (QED) is 0.674. The SMILES string of the molecule is Nc1ccc(NCCc2ccc(OCCCN3CCCCC3)cc2)nc1. The Bertz CT molecular complexity index is 636. The highest BCUT2D eigenvalue weighted by molar-refractivity contribution is 5.43. The number of pyridine rings is 1. The molecule has 2 aromatic rings. The van der Waals surface area contributed by atoms with Crippen LogP contribution in [0.25, 0.3) is 0 Å². The molecule has 0 radical (unpaired) electrons. The molecule has 0 atom stereocenters. The Morgan fingerprint density at radius 2 is 1.85 bits per heavy atom. The molecule has 0 aliphatic carbocycles. The number of piperidine rings is 1. The number of ether oxygens (including phenoxy) is 1. The predicted octanol–water partition coefficient (Wildman–Crippen LogP) is 3.57. The summed E-state index contributed by atoms with van der Waals surface area (Å²) < 4.78 is 5.87. The lowest BCUT2D eigenvalue weighted by Gasteiger charge is -2.26. The van der Waals surface area contributed by atoms with Crippen LogP contribution in [0.1, 0.15) is 31.2 Å². The number of nitrogens with zero attached hydrogens (tertiary/aromatic N) is 2. The number of benzene rings is 1. The first-order valence-corrected chi connectivity index (χ1v) is 9.69. The minimum Gasteiger partial charge on any atom is -0.494 e. The van der Waals surface area contributed by atoms with Crippen molar-refractivity contribution in [2.24, 2.45) is 0 Å². The maximum absolute atomic E-state index is 5.87. The zero-order valence-electron chi connectivity index (χ0n) is 15.5. The van der Waals surface area contributed by atoms with E-state index in [1.165, 1.54) is 37.9 Å². The largest absolute Gasteiger partial charge is 0.494 e. The number of nitrogens with one attached hydrogen (secondary N) is 1. The molecule has 3 rings (SSSR count). The van der Waals surface area contributed by atoms with E-state index < -0.39 is 0 Å². The summed E-state index contributed by atoms with van der Waals surface area (Å²) in [6.45, 7) is 5.30. The van der Waals surface area contributed by atoms with E-state index in [1.54, 1.807) is 6.20 Å². The van der Waals surface area contributed by atoms with Gasteiger partial charge < -0.3 is 20.7 Å². The molecule has 1 aliphatic heterocycles. The Labute approximate surface area is 156 Å². The number of anilines is 2. The van der Waals surface area contributed by atoms with Gasteiger partial charge >= 0.3 is 0 Å². The summed E-state index contributed by atoms with van der Waals surface area (Å²) >= 11 is 0. The monoisotopic (exact) mass is 354 g/mol. The molecule has 5 heteroatoms. The summed E-state index contributed by atoms with van der Waals surface area (Å²) in [7, 11) is 0. The van der Waals surface area contributed by atoms with E-state index in [-0.39, 0.29) is 0 Å². The fourth-order valence-electron chi connectivity index (χ4n) is 3.26. The molecule has 0 bridgehead atoms. The smallest absolute Gasteiger partial charge is 0.126 e. The van der Waals surface area contributed by atoms with Gasteiger partial charge in [0.2, 0.25) is 0 Å². The van der Waals surface area contributed by atoms with Crippen LogP contribution in [0, 0.1) is 0 Å². The van der Waals surface area contributed by atoms with Crippen LogP contribution in [-0.4, -0.2) is 42.7 Å². The molecular formula is C21H30N4O. The number of hydrogen-bond acceptors (Lipinski definition) is 5. The molecule has 5 nitrogen and oxygen atoms in total. The maximum Gasteiger partial charge on any atom is 0.126 e. The number of aromatic nitrogens is 1. The Hall–Kier alpha value is -2.27. The molecule has 3 N–H and O–H groups in total. The van der Waals surface area contributed by atoms with Gasteiger partial charge in [-0.05, 0) is 68.6 Å². The molecular weight excluding hydrogens is 324 g/mol. The predicted molar refractivity (Wildman–Crippen MR) is 108 cm³/mol. The third-order valence-corrected chi connectivity index (χ3v) is 4.77. The first-order valence-electron chi connectivity index (χ1n) is 9.69. The Morgan fingerprint density at radius 3 is 2.58 bits per heavy atom. The molecule has 0 unspecified atom stereocenters. The van der Waals surface area contributed by atoms with Crippen molar-refractivity contribution in [1.29, 1.82) is 0 Å². The van der Waals surface area contributed by atoms with E-state index in [1.807, 2.05) is 12.1 Å². The summed E-state index contributed by atoms with van der Waals surface area (Å²) in [5.41, 5.74) is 7.61. The summed E-state index contributed by atoms with van der Waals surface area (Å²) in [4.78, 5) is 6.79. The van der Waals surface area contributed by atoms with Crippen LogP contribution in [-0.2, 0) is 6.42 Å². The fourth-order valence-corrected chi connectivity index (χ4v) is 3.26. The molecule has 1 saturated heterocycles. The van der Waals surface area contributed by atoms with Crippen LogP contribution in [0.15, 0.2) is 42.6 Å². The van der Waals surface area contributed by atoms with Gasteiger partial charge in [0.05, 0.1) is 18.5 Å². The lowest BCUT2D eigenvalue weighted by molar-refractivity contribution is 0.205. The highest BCUT2D eigenvalue weighted by atomic mass is 16.5. The third kappa shape index (κ3) is 6.23. The molecule has 1 aromatic carbocycles. The van der Waals surface area contributed by atoms with Crippen LogP contribution in [0.5, 0.6) is 5.75 Å². The first-order chi connectivity index (χ1) is 12.8. The zero-order chi connectivity index (χ0) is 18.0. The van der Waals surface area contributed by atoms with Gasteiger partial charge in [-0.1, -0.05) is 18.6 Å². The normalized spacial score (nSPS) is 14.9. The molecule has 1 fully saturated rings. The van der Waals surface area contributed by atoms with E-state index >= 15 is 0 Å². The minimum absolute atomic E-state index is 0.682. The van der Waals surface area contributed by atoms with Crippen LogP contribution in [0.2, 0.25) is 0 Å². The van der Waals surface area contributed by atoms with Gasteiger partial charge in [0.25, 0.3) is 0 Å². The number of nitrogen functional groups attached to an aromatic ring is 1. The molecule has 0 spiro atoms. The highest BCUT2D eigenvalue weighted by Crippen LogP contribution is 2.14. The second kappa shape index (κ2) is 10.0. The third-order valence-electron chi connectivity index (χ3n) is 4.77. The molecule has 140 valence electrons. The van der Waals surface area contributed by atoms with Crippen molar-refractivity contribution in [1.82, 2.24) is 9.88 Å². The van der Waals surface area contributed by atoms with Crippen LogP contribution in [0.3, 0.4) is 0 Å². The van der Waals surface area contributed by atoms with Gasteiger partial charge in [-0.25, -0.2) is 4.98 Å². The van der Waals surface area contributed by atoms with Crippen molar-refractivity contribution in [3.05, 3.63) is 48.2 Å². The molecule has 2 heterocycles. The van der Waals surface area contributed by atoms with Gasteiger partial charge in [0, 0.05) is 13.1 Å². The van der Waals surface area contributed by atoms with Crippen LogP contribution in [0.4, 0.5) is 11.5 Å². The summed E-state index contributed by atoms with van der Waals surface area (Å²) in [5, 5.41) is 3.31. The van der Waals surface area contributed by atoms with Crippen molar-refractivity contribution in [3.8, 4) is 5.75 Å². The van der Waals surface area contributed by atoms with Crippen molar-refractivity contribution < 1.29 is 4.74 Å². The summed E-state index contributed by atoms with van der Waals surface area (Å²) in [6.07, 6.45) is 7.81. The van der Waals surface area contributed by atoms with Crippen molar-refractivity contribution in [2.75, 3.05) is 43.8 Å². The maximum atomic E-state index is 5.87. The Balaban J connectivity index is 1.32. The lowest BCUT2D eigenvalue weighted by atomic mass is 10.1. The van der Waals surface area contributed by atoms with Gasteiger partial charge in [0.1, 0.15) is 11.6 Å². The molecule has 1 aliphatic rings. The Morgan fingerprint density at radius 1 is 1.04 bits per heavy atom. The molecule has 0 saturated carbocycles. The average molecular weight is 354 g/mol. The second-order valence-electron chi connectivity index (χ2n) is 6.90. The van der Waals surface area contributed by atoms with Gasteiger partial charge in [-0.15, -0.1) is 0 Å². The molecule has 26 heavy (non-hydrogen) atoms. The van der Waals surface area contributed by atoms with Gasteiger partial charge in [0.15, 0.2) is 0 Å². The summed E-state index contributed by atoms with van der Waals surface area (Å²) in [6, 6.07) is 12.2. The van der Waals surface area contributed by atoms with E-state index in [0.29, 0.717) is 5.69 Å². The topological polar surface area (TPSA) is 63.4 Å². The average Bonchev–Trinajstić information content (AvgIpc) is 2.69. The first kappa shape index (κ1) is 18.5. The van der Waals surface area contributed by atoms with Crippen molar-refractivity contribution in [2.45, 2.75) is 32.1 Å². The highest BCUT2D eigenvalue weighted by Gasteiger charge is 2.09. The molecule has 0 amide bonds.